The molecule has 0 bridgehead atoms. The smallest absolute Gasteiger partial charge is 0.117 e. The van der Waals surface area contributed by atoms with E-state index in [4.69, 9.17) is 0 Å². The van der Waals surface area contributed by atoms with E-state index in [1.54, 1.807) is 0 Å². The second-order valence-electron chi connectivity index (χ2n) is 4.62. The number of aliphatic hydroxyl groups is 1. The van der Waals surface area contributed by atoms with E-state index < -0.39 is 0 Å². The van der Waals surface area contributed by atoms with Crippen LogP contribution in [0, 0.1) is 17.8 Å². The summed E-state index contributed by atoms with van der Waals surface area (Å²) in [5.41, 5.74) is 0. The van der Waals surface area contributed by atoms with Crippen LogP contribution in [0.3, 0.4) is 0 Å². The Morgan fingerprint density at radius 3 is 2.60 bits per heavy atom. The lowest BCUT2D eigenvalue weighted by atomic mass is 9.85. The molecule has 1 aliphatic carbocycles. The molecule has 1 saturated carbocycles. The molecule has 0 radical (unpaired) electrons. The van der Waals surface area contributed by atoms with Crippen LogP contribution in [0.2, 0.25) is 0 Å². The molecule has 0 saturated heterocycles. The molecule has 86 valence electrons. The summed E-state index contributed by atoms with van der Waals surface area (Å²) in [6.07, 6.45) is 10.5. The number of hydrogen-bond acceptors (Lipinski definition) is 1. The molecule has 1 aliphatic rings. The molecule has 0 aromatic heterocycles. The van der Waals surface area contributed by atoms with Gasteiger partial charge in [0.2, 0.25) is 0 Å². The molecule has 0 spiro atoms. The van der Waals surface area contributed by atoms with Crippen molar-refractivity contribution in [1.82, 2.24) is 0 Å². The van der Waals surface area contributed by atoms with Crippen LogP contribution in [0.25, 0.3) is 0 Å². The molecule has 1 heteroatoms. The van der Waals surface area contributed by atoms with Gasteiger partial charge < -0.3 is 5.11 Å². The van der Waals surface area contributed by atoms with Crippen LogP contribution in [-0.4, -0.2) is 11.2 Å². The highest BCUT2D eigenvalue weighted by Crippen LogP contribution is 2.26. The first kappa shape index (κ1) is 12.6. The molecule has 1 N–H and O–H groups in total. The molecule has 0 aromatic rings. The lowest BCUT2D eigenvalue weighted by Gasteiger charge is -2.23. The van der Waals surface area contributed by atoms with Crippen molar-refractivity contribution in [3.05, 3.63) is 0 Å². The van der Waals surface area contributed by atoms with Gasteiger partial charge in [0.1, 0.15) is 6.10 Å². The average Bonchev–Trinajstić information content (AvgIpc) is 2.30. The normalized spacial score (nSPS) is 19.3. The van der Waals surface area contributed by atoms with E-state index in [2.05, 4.69) is 18.8 Å². The van der Waals surface area contributed by atoms with E-state index in [1.807, 2.05) is 0 Å². The number of aliphatic hydroxyl groups excluding tert-OH is 1. The lowest BCUT2D eigenvalue weighted by molar-refractivity contribution is 0.133. The summed E-state index contributed by atoms with van der Waals surface area (Å²) >= 11 is 0. The van der Waals surface area contributed by atoms with Crippen molar-refractivity contribution in [2.24, 2.45) is 5.92 Å². The van der Waals surface area contributed by atoms with Crippen molar-refractivity contribution in [2.75, 3.05) is 0 Å². The molecule has 15 heavy (non-hydrogen) atoms. The average molecular weight is 208 g/mol. The molecule has 1 rings (SSSR count). The maximum Gasteiger partial charge on any atom is 0.117 e. The van der Waals surface area contributed by atoms with Crippen molar-refractivity contribution >= 4 is 0 Å². The molecule has 1 nitrogen and oxygen atoms in total. The third-order valence-corrected chi connectivity index (χ3v) is 3.25. The predicted molar refractivity (Wildman–Crippen MR) is 64.5 cm³/mol. The summed E-state index contributed by atoms with van der Waals surface area (Å²) < 4.78 is 0. The number of unbranched alkanes of at least 4 members (excludes halogenated alkanes) is 3. The Balaban J connectivity index is 2.17. The molecule has 0 amide bonds. The van der Waals surface area contributed by atoms with Crippen molar-refractivity contribution < 1.29 is 5.11 Å². The summed E-state index contributed by atoms with van der Waals surface area (Å²) in [7, 11) is 0. The van der Waals surface area contributed by atoms with E-state index in [-0.39, 0.29) is 6.10 Å². The maximum absolute atomic E-state index is 9.86. The predicted octanol–water partition coefficient (Wildman–Crippen LogP) is 3.51. The van der Waals surface area contributed by atoms with Gasteiger partial charge >= 0.3 is 0 Å². The van der Waals surface area contributed by atoms with Crippen LogP contribution in [0.1, 0.15) is 64.7 Å². The molecular formula is C14H24O. The van der Waals surface area contributed by atoms with Gasteiger partial charge in [-0.1, -0.05) is 44.9 Å². The first-order valence-corrected chi connectivity index (χ1v) is 6.51. The van der Waals surface area contributed by atoms with Gasteiger partial charge in [0, 0.05) is 6.42 Å². The van der Waals surface area contributed by atoms with Crippen LogP contribution in [0.15, 0.2) is 0 Å². The molecular weight excluding hydrogens is 184 g/mol. The molecule has 1 fully saturated rings. The summed E-state index contributed by atoms with van der Waals surface area (Å²) in [6.45, 7) is 2.20. The van der Waals surface area contributed by atoms with Gasteiger partial charge in [0.05, 0.1) is 0 Å². The van der Waals surface area contributed by atoms with Gasteiger partial charge in [0.25, 0.3) is 0 Å². The molecule has 0 heterocycles. The zero-order valence-corrected chi connectivity index (χ0v) is 9.97. The van der Waals surface area contributed by atoms with E-state index >= 15 is 0 Å². The summed E-state index contributed by atoms with van der Waals surface area (Å²) in [5, 5.41) is 9.86. The fraction of sp³-hybridized carbons (Fsp3) is 0.857. The van der Waals surface area contributed by atoms with Crippen LogP contribution >= 0.6 is 0 Å². The van der Waals surface area contributed by atoms with Crippen LogP contribution in [0.4, 0.5) is 0 Å². The van der Waals surface area contributed by atoms with E-state index in [9.17, 15) is 5.11 Å². The van der Waals surface area contributed by atoms with E-state index in [0.29, 0.717) is 5.92 Å². The Morgan fingerprint density at radius 2 is 1.93 bits per heavy atom. The first-order chi connectivity index (χ1) is 7.34. The highest BCUT2D eigenvalue weighted by Gasteiger charge is 2.19. The van der Waals surface area contributed by atoms with Crippen molar-refractivity contribution in [3.63, 3.8) is 0 Å². The monoisotopic (exact) mass is 208 g/mol. The van der Waals surface area contributed by atoms with Crippen molar-refractivity contribution in [2.45, 2.75) is 70.8 Å². The molecule has 0 aromatic carbocycles. The summed E-state index contributed by atoms with van der Waals surface area (Å²) in [5.74, 6) is 6.59. The lowest BCUT2D eigenvalue weighted by Crippen LogP contribution is -2.21. The van der Waals surface area contributed by atoms with Crippen molar-refractivity contribution in [1.29, 1.82) is 0 Å². The largest absolute Gasteiger partial charge is 0.380 e. The second kappa shape index (κ2) is 7.77. The van der Waals surface area contributed by atoms with Gasteiger partial charge in [0.15, 0.2) is 0 Å². The van der Waals surface area contributed by atoms with Gasteiger partial charge in [-0.15, -0.1) is 5.92 Å². The zero-order chi connectivity index (χ0) is 10.9. The van der Waals surface area contributed by atoms with Crippen molar-refractivity contribution in [3.8, 4) is 11.8 Å². The minimum atomic E-state index is -0.355. The van der Waals surface area contributed by atoms with Gasteiger partial charge in [-0.05, 0) is 25.2 Å². The summed E-state index contributed by atoms with van der Waals surface area (Å²) in [4.78, 5) is 0. The summed E-state index contributed by atoms with van der Waals surface area (Å²) in [6, 6.07) is 0. The highest BCUT2D eigenvalue weighted by molar-refractivity contribution is 5.06. The fourth-order valence-electron chi connectivity index (χ4n) is 2.21. The Bertz CT molecular complexity index is 205. The topological polar surface area (TPSA) is 20.2 Å². The molecule has 1 atom stereocenters. The molecule has 0 aliphatic heterocycles. The fourth-order valence-corrected chi connectivity index (χ4v) is 2.21. The third kappa shape index (κ3) is 5.23. The van der Waals surface area contributed by atoms with Gasteiger partial charge in [-0.25, -0.2) is 0 Å². The van der Waals surface area contributed by atoms with Gasteiger partial charge in [-0.3, -0.25) is 0 Å². The number of rotatable bonds is 4. The Morgan fingerprint density at radius 1 is 1.20 bits per heavy atom. The minimum absolute atomic E-state index is 0.355. The standard InChI is InChI=1S/C14H24O/c1-2-3-4-5-9-12-14(15)13-10-7-6-8-11-13/h13-15H,2-8,10-11H2,1H3/t14-/m1/s1. The third-order valence-electron chi connectivity index (χ3n) is 3.25. The first-order valence-electron chi connectivity index (χ1n) is 6.51. The number of hydrogen-bond donors (Lipinski definition) is 1. The van der Waals surface area contributed by atoms with E-state index in [0.717, 1.165) is 6.42 Å². The highest BCUT2D eigenvalue weighted by atomic mass is 16.3. The second-order valence-corrected chi connectivity index (χ2v) is 4.62. The van der Waals surface area contributed by atoms with Crippen LogP contribution in [-0.2, 0) is 0 Å². The SMILES string of the molecule is CCCCCC#C[C@@H](O)C1CCCCC1. The van der Waals surface area contributed by atoms with Crippen LogP contribution < -0.4 is 0 Å². The zero-order valence-electron chi connectivity index (χ0n) is 9.97. The van der Waals surface area contributed by atoms with Gasteiger partial charge in [-0.2, -0.15) is 0 Å². The maximum atomic E-state index is 9.86. The molecule has 0 unspecified atom stereocenters. The quantitative estimate of drug-likeness (QED) is 0.553. The minimum Gasteiger partial charge on any atom is -0.380 e. The van der Waals surface area contributed by atoms with E-state index in [1.165, 1.54) is 51.4 Å². The Kier molecular flexibility index (Phi) is 6.52. The van der Waals surface area contributed by atoms with Crippen LogP contribution in [0.5, 0.6) is 0 Å². The Labute approximate surface area is 94.3 Å². The Hall–Kier alpha value is -0.480.